The van der Waals surface area contributed by atoms with Crippen LogP contribution in [0.5, 0.6) is 5.75 Å². The number of nitrogens with zero attached hydrogens (tertiary/aromatic N) is 2. The number of allylic oxidation sites excluding steroid dienone is 1. The van der Waals surface area contributed by atoms with Crippen LogP contribution in [0.15, 0.2) is 46.9 Å². The average molecular weight is 529 g/mol. The van der Waals surface area contributed by atoms with Gasteiger partial charge < -0.3 is 14.4 Å². The van der Waals surface area contributed by atoms with Crippen molar-refractivity contribution in [2.24, 2.45) is 0 Å². The second-order valence-corrected chi connectivity index (χ2v) is 9.95. The maximum atomic E-state index is 12.3. The first-order chi connectivity index (χ1) is 16.1. The second-order valence-electron chi connectivity index (χ2n) is 9.04. The molecule has 182 valence electrons. The summed E-state index contributed by atoms with van der Waals surface area (Å²) < 4.78 is 14.2. The molecule has 3 rings (SSSR count). The SMILES string of the molecule is CCN(CC)c1ccc(/C=C/C2=[N+](C)c3ccc(Br)cc3C2(C)CC)c(OC(=O)OC(C)C)c1. The molecule has 0 bridgehead atoms. The molecule has 1 aliphatic rings. The third-order valence-electron chi connectivity index (χ3n) is 6.62. The summed E-state index contributed by atoms with van der Waals surface area (Å²) in [5, 5.41) is 0. The summed E-state index contributed by atoms with van der Waals surface area (Å²) in [7, 11) is 2.11. The van der Waals surface area contributed by atoms with Crippen LogP contribution in [0.1, 0.15) is 59.1 Å². The van der Waals surface area contributed by atoms with Gasteiger partial charge in [-0.2, -0.15) is 4.58 Å². The van der Waals surface area contributed by atoms with Gasteiger partial charge in [-0.25, -0.2) is 4.79 Å². The third-order valence-corrected chi connectivity index (χ3v) is 7.11. The van der Waals surface area contributed by atoms with E-state index in [0.717, 1.165) is 35.2 Å². The molecule has 2 aromatic rings. The molecule has 0 N–H and O–H groups in total. The summed E-state index contributed by atoms with van der Waals surface area (Å²) >= 11 is 3.63. The monoisotopic (exact) mass is 527 g/mol. The van der Waals surface area contributed by atoms with Crippen molar-refractivity contribution in [2.75, 3.05) is 25.0 Å². The fourth-order valence-electron chi connectivity index (χ4n) is 4.56. The summed E-state index contributed by atoms with van der Waals surface area (Å²) in [6.07, 6.45) is 4.20. The number of hydrogen-bond acceptors (Lipinski definition) is 4. The Morgan fingerprint density at radius 3 is 2.44 bits per heavy atom. The highest BCUT2D eigenvalue weighted by Gasteiger charge is 2.45. The van der Waals surface area contributed by atoms with Crippen molar-refractivity contribution in [2.45, 2.75) is 59.5 Å². The molecule has 0 spiro atoms. The predicted octanol–water partition coefficient (Wildman–Crippen LogP) is 7.33. The van der Waals surface area contributed by atoms with Crippen LogP contribution in [0, 0.1) is 0 Å². The molecule has 5 nitrogen and oxygen atoms in total. The lowest BCUT2D eigenvalue weighted by atomic mass is 9.77. The summed E-state index contributed by atoms with van der Waals surface area (Å²) in [6, 6.07) is 12.4. The van der Waals surface area contributed by atoms with E-state index in [0.29, 0.717) is 5.75 Å². The molecule has 34 heavy (non-hydrogen) atoms. The number of halogens is 1. The first-order valence-electron chi connectivity index (χ1n) is 12.0. The molecule has 0 amide bonds. The first kappa shape index (κ1) is 26.0. The highest BCUT2D eigenvalue weighted by atomic mass is 79.9. The van der Waals surface area contributed by atoms with Crippen molar-refractivity contribution < 1.29 is 18.8 Å². The summed E-state index contributed by atoms with van der Waals surface area (Å²) in [6.45, 7) is 14.1. The molecule has 0 aromatic heterocycles. The van der Waals surface area contributed by atoms with Gasteiger partial charge in [0, 0.05) is 52.6 Å². The lowest BCUT2D eigenvalue weighted by Crippen LogP contribution is -2.29. The minimum Gasteiger partial charge on any atom is -0.431 e. The Balaban J connectivity index is 2.03. The van der Waals surface area contributed by atoms with E-state index in [9.17, 15) is 4.79 Å². The molecule has 1 heterocycles. The fraction of sp³-hybridized carbons (Fsp3) is 0.429. The summed E-state index contributed by atoms with van der Waals surface area (Å²) in [5.74, 6) is 0.492. The standard InChI is InChI=1S/C28H36BrN2O3/c1-8-28(6)23-17-21(29)13-15-24(23)30(7)26(28)16-12-20-11-14-22(31(9-2)10-3)18-25(20)34-27(32)33-19(4)5/h11-19H,8-10H2,1-7H3/q+1. The molecule has 0 saturated carbocycles. The van der Waals surface area contributed by atoms with Gasteiger partial charge in [-0.3, -0.25) is 0 Å². The van der Waals surface area contributed by atoms with Crippen LogP contribution in [-0.4, -0.2) is 42.7 Å². The van der Waals surface area contributed by atoms with Crippen molar-refractivity contribution in [3.05, 3.63) is 58.1 Å². The van der Waals surface area contributed by atoms with Gasteiger partial charge in [0.2, 0.25) is 5.69 Å². The van der Waals surface area contributed by atoms with Crippen molar-refractivity contribution in [1.29, 1.82) is 0 Å². The van der Waals surface area contributed by atoms with Crippen LogP contribution in [0.4, 0.5) is 16.2 Å². The van der Waals surface area contributed by atoms with Gasteiger partial charge >= 0.3 is 6.16 Å². The Morgan fingerprint density at radius 2 is 1.82 bits per heavy atom. The molecule has 1 unspecified atom stereocenters. The normalized spacial score (nSPS) is 17.4. The number of benzene rings is 2. The molecule has 0 radical (unpaired) electrons. The van der Waals surface area contributed by atoms with E-state index in [4.69, 9.17) is 9.47 Å². The smallest absolute Gasteiger partial charge is 0.431 e. The van der Waals surface area contributed by atoms with Crippen LogP contribution < -0.4 is 9.64 Å². The molecule has 1 atom stereocenters. The van der Waals surface area contributed by atoms with Crippen LogP contribution >= 0.6 is 15.9 Å². The van der Waals surface area contributed by atoms with Gasteiger partial charge in [0.15, 0.2) is 5.71 Å². The maximum Gasteiger partial charge on any atom is 0.514 e. The van der Waals surface area contributed by atoms with Gasteiger partial charge in [0.25, 0.3) is 0 Å². The predicted molar refractivity (Wildman–Crippen MR) is 144 cm³/mol. The van der Waals surface area contributed by atoms with Crippen LogP contribution in [0.3, 0.4) is 0 Å². The van der Waals surface area contributed by atoms with E-state index < -0.39 is 6.16 Å². The lowest BCUT2D eigenvalue weighted by molar-refractivity contribution is -0.401. The molecule has 1 aliphatic heterocycles. The number of ether oxygens (including phenoxy) is 2. The van der Waals surface area contributed by atoms with Crippen molar-refractivity contribution in [3.63, 3.8) is 0 Å². The Morgan fingerprint density at radius 1 is 1.12 bits per heavy atom. The zero-order valence-electron chi connectivity index (χ0n) is 21.3. The number of carbonyl (C=O) groups is 1. The van der Waals surface area contributed by atoms with E-state index >= 15 is 0 Å². The molecule has 0 saturated heterocycles. The van der Waals surface area contributed by atoms with E-state index in [2.05, 4.69) is 90.5 Å². The average Bonchev–Trinajstić information content (AvgIpc) is 3.00. The largest absolute Gasteiger partial charge is 0.514 e. The molecule has 0 fully saturated rings. The van der Waals surface area contributed by atoms with Gasteiger partial charge in [-0.05, 0) is 71.4 Å². The van der Waals surface area contributed by atoms with Gasteiger partial charge in [0.1, 0.15) is 12.8 Å². The van der Waals surface area contributed by atoms with Crippen LogP contribution in [0.25, 0.3) is 6.08 Å². The van der Waals surface area contributed by atoms with Crippen molar-refractivity contribution >= 4 is 45.2 Å². The number of hydrogen-bond donors (Lipinski definition) is 0. The number of anilines is 1. The zero-order chi connectivity index (χ0) is 25.0. The minimum atomic E-state index is -0.692. The Kier molecular flexibility index (Phi) is 8.24. The lowest BCUT2D eigenvalue weighted by Gasteiger charge is -2.22. The number of rotatable bonds is 8. The van der Waals surface area contributed by atoms with E-state index in [1.165, 1.54) is 17.0 Å². The molecule has 0 aliphatic carbocycles. The first-order valence-corrected chi connectivity index (χ1v) is 12.8. The van der Waals surface area contributed by atoms with Crippen LogP contribution in [-0.2, 0) is 10.2 Å². The highest BCUT2D eigenvalue weighted by molar-refractivity contribution is 9.10. The minimum absolute atomic E-state index is 0.122. The van der Waals surface area contributed by atoms with E-state index in [-0.39, 0.29) is 11.5 Å². The number of fused-ring (bicyclic) bond motifs is 1. The third kappa shape index (κ3) is 5.22. The molecule has 2 aromatic carbocycles. The Labute approximate surface area is 212 Å². The van der Waals surface area contributed by atoms with Gasteiger partial charge in [-0.15, -0.1) is 0 Å². The van der Waals surface area contributed by atoms with E-state index in [1.54, 1.807) is 0 Å². The maximum absolute atomic E-state index is 12.3. The van der Waals surface area contributed by atoms with Gasteiger partial charge in [0.05, 0.1) is 11.5 Å². The Hall–Kier alpha value is -2.60. The zero-order valence-corrected chi connectivity index (χ0v) is 22.9. The van der Waals surface area contributed by atoms with Gasteiger partial charge in [-0.1, -0.05) is 22.9 Å². The molecule has 6 heteroatoms. The molecular formula is C28H36BrN2O3+. The highest BCUT2D eigenvalue weighted by Crippen LogP contribution is 2.43. The van der Waals surface area contributed by atoms with Crippen molar-refractivity contribution in [3.8, 4) is 5.75 Å². The Bertz CT molecular complexity index is 1120. The fourth-order valence-corrected chi connectivity index (χ4v) is 4.92. The van der Waals surface area contributed by atoms with Crippen LogP contribution in [0.2, 0.25) is 0 Å². The topological polar surface area (TPSA) is 41.8 Å². The van der Waals surface area contributed by atoms with Crippen molar-refractivity contribution in [1.82, 2.24) is 0 Å². The number of carbonyl (C=O) groups excluding carboxylic acids is 1. The summed E-state index contributed by atoms with van der Waals surface area (Å²) in [4.78, 5) is 14.6. The molecular weight excluding hydrogens is 492 g/mol. The quantitative estimate of drug-likeness (QED) is 0.204. The second kappa shape index (κ2) is 10.8. The van der Waals surface area contributed by atoms with E-state index in [1.807, 2.05) is 32.1 Å². The summed E-state index contributed by atoms with van der Waals surface area (Å²) in [5.41, 5.74) is 5.43.